The number of nitrogens with one attached hydrogen (secondary N) is 2. The van der Waals surface area contributed by atoms with Gasteiger partial charge in [-0.25, -0.2) is 4.98 Å². The first kappa shape index (κ1) is 10.8. The maximum atomic E-state index is 9.20. The number of benzene rings is 1. The van der Waals surface area contributed by atoms with Gasteiger partial charge in [0.1, 0.15) is 10.8 Å². The second-order valence-corrected chi connectivity index (χ2v) is 4.57. The third-order valence-corrected chi connectivity index (χ3v) is 3.19. The number of H-pyrrole nitrogens is 1. The summed E-state index contributed by atoms with van der Waals surface area (Å²) >= 11 is 1.55. The van der Waals surface area contributed by atoms with E-state index in [4.69, 9.17) is 0 Å². The van der Waals surface area contributed by atoms with Crippen molar-refractivity contribution >= 4 is 22.8 Å². The lowest BCUT2D eigenvalue weighted by Crippen LogP contribution is -1.89. The Labute approximate surface area is 107 Å². The van der Waals surface area contributed by atoms with E-state index in [1.165, 1.54) is 0 Å². The zero-order valence-electron chi connectivity index (χ0n) is 9.29. The number of phenols is 1. The van der Waals surface area contributed by atoms with Crippen LogP contribution in [0.1, 0.15) is 0 Å². The molecule has 0 atom stereocenters. The number of aromatic hydroxyl groups is 1. The minimum atomic E-state index is 0.242. The third-order valence-electron chi connectivity index (χ3n) is 2.38. The molecule has 0 saturated carbocycles. The van der Waals surface area contributed by atoms with Crippen molar-refractivity contribution in [3.05, 3.63) is 41.9 Å². The zero-order chi connectivity index (χ0) is 12.4. The van der Waals surface area contributed by atoms with Gasteiger partial charge in [-0.1, -0.05) is 0 Å². The number of hydrogen-bond acceptors (Lipinski definition) is 5. The van der Waals surface area contributed by atoms with Crippen LogP contribution in [0.25, 0.3) is 10.7 Å². The minimum absolute atomic E-state index is 0.242. The van der Waals surface area contributed by atoms with Crippen molar-refractivity contribution in [1.29, 1.82) is 0 Å². The van der Waals surface area contributed by atoms with E-state index in [1.807, 2.05) is 11.4 Å². The molecule has 3 N–H and O–H groups in total. The Bertz CT molecular complexity index is 630. The van der Waals surface area contributed by atoms with E-state index in [0.717, 1.165) is 16.4 Å². The molecule has 90 valence electrons. The second-order valence-electron chi connectivity index (χ2n) is 3.68. The Kier molecular flexibility index (Phi) is 2.70. The highest BCUT2D eigenvalue weighted by Crippen LogP contribution is 2.24. The number of thiazole rings is 1. The molecule has 6 heteroatoms. The van der Waals surface area contributed by atoms with E-state index in [2.05, 4.69) is 20.5 Å². The van der Waals surface area contributed by atoms with E-state index < -0.39 is 0 Å². The number of nitrogens with zero attached hydrogens (tertiary/aromatic N) is 2. The fraction of sp³-hybridized carbons (Fsp3) is 0. The SMILES string of the molecule is Oc1ccc(Nc2cc(-c3nccs3)[nH]n2)cc1. The highest BCUT2D eigenvalue weighted by atomic mass is 32.1. The van der Waals surface area contributed by atoms with Gasteiger partial charge in [0.05, 0.1) is 5.69 Å². The van der Waals surface area contributed by atoms with Crippen molar-refractivity contribution in [2.75, 3.05) is 5.32 Å². The van der Waals surface area contributed by atoms with Gasteiger partial charge in [-0.2, -0.15) is 5.10 Å². The van der Waals surface area contributed by atoms with Crippen molar-refractivity contribution in [2.24, 2.45) is 0 Å². The lowest BCUT2D eigenvalue weighted by atomic mass is 10.3. The predicted octanol–water partition coefficient (Wildman–Crippen LogP) is 2.98. The number of hydrogen-bond donors (Lipinski definition) is 3. The normalized spacial score (nSPS) is 10.4. The van der Waals surface area contributed by atoms with Crippen LogP contribution in [-0.4, -0.2) is 20.3 Å². The molecule has 0 saturated heterocycles. The van der Waals surface area contributed by atoms with E-state index in [9.17, 15) is 5.11 Å². The van der Waals surface area contributed by atoms with Gasteiger partial charge in [0.2, 0.25) is 0 Å². The van der Waals surface area contributed by atoms with Gasteiger partial charge in [-0.3, -0.25) is 5.10 Å². The van der Waals surface area contributed by atoms with Crippen LogP contribution in [-0.2, 0) is 0 Å². The lowest BCUT2D eigenvalue weighted by molar-refractivity contribution is 0.475. The first-order valence-corrected chi connectivity index (χ1v) is 6.20. The summed E-state index contributed by atoms with van der Waals surface area (Å²) in [7, 11) is 0. The fourth-order valence-electron chi connectivity index (χ4n) is 1.54. The molecule has 0 radical (unpaired) electrons. The molecule has 0 unspecified atom stereocenters. The molecule has 0 aliphatic rings. The van der Waals surface area contributed by atoms with E-state index in [-0.39, 0.29) is 5.75 Å². The van der Waals surface area contributed by atoms with Gasteiger partial charge in [0, 0.05) is 23.3 Å². The van der Waals surface area contributed by atoms with Crippen LogP contribution in [0.5, 0.6) is 5.75 Å². The van der Waals surface area contributed by atoms with E-state index >= 15 is 0 Å². The van der Waals surface area contributed by atoms with Crippen LogP contribution >= 0.6 is 11.3 Å². The summed E-state index contributed by atoms with van der Waals surface area (Å²) in [6.07, 6.45) is 1.76. The maximum absolute atomic E-state index is 9.20. The summed E-state index contributed by atoms with van der Waals surface area (Å²) < 4.78 is 0. The Hall–Kier alpha value is -2.34. The smallest absolute Gasteiger partial charge is 0.152 e. The molecule has 0 spiro atoms. The third kappa shape index (κ3) is 2.18. The highest BCUT2D eigenvalue weighted by Gasteiger charge is 2.05. The zero-order valence-corrected chi connectivity index (χ0v) is 10.1. The average molecular weight is 258 g/mol. The quantitative estimate of drug-likeness (QED) is 0.631. The Morgan fingerprint density at radius 1 is 1.22 bits per heavy atom. The summed E-state index contributed by atoms with van der Waals surface area (Å²) in [5, 5.41) is 22.2. The fourth-order valence-corrected chi connectivity index (χ4v) is 2.15. The largest absolute Gasteiger partial charge is 0.508 e. The average Bonchev–Trinajstić information content (AvgIpc) is 3.02. The summed E-state index contributed by atoms with van der Waals surface area (Å²) in [5.41, 5.74) is 1.75. The summed E-state index contributed by atoms with van der Waals surface area (Å²) in [5.74, 6) is 0.956. The lowest BCUT2D eigenvalue weighted by Gasteiger charge is -2.01. The first-order chi connectivity index (χ1) is 8.81. The van der Waals surface area contributed by atoms with Crippen LogP contribution in [0.3, 0.4) is 0 Å². The second kappa shape index (κ2) is 4.50. The minimum Gasteiger partial charge on any atom is -0.508 e. The van der Waals surface area contributed by atoms with Crippen molar-refractivity contribution in [3.8, 4) is 16.5 Å². The standard InChI is InChI=1S/C12H10N4OS/c17-9-3-1-8(2-4-9)14-11-7-10(15-16-11)12-13-5-6-18-12/h1-7,17H,(H2,14,15,16). The van der Waals surface area contributed by atoms with Gasteiger partial charge >= 0.3 is 0 Å². The summed E-state index contributed by atoms with van der Waals surface area (Å²) in [4.78, 5) is 4.20. The van der Waals surface area contributed by atoms with Gasteiger partial charge in [-0.05, 0) is 24.3 Å². The summed E-state index contributed by atoms with van der Waals surface area (Å²) in [6.45, 7) is 0. The number of aromatic nitrogens is 3. The number of phenolic OH excluding ortho intramolecular Hbond substituents is 1. The van der Waals surface area contributed by atoms with Crippen LogP contribution in [0.15, 0.2) is 41.9 Å². The molecular formula is C12H10N4OS. The molecule has 2 heterocycles. The molecule has 0 fully saturated rings. The van der Waals surface area contributed by atoms with Crippen LogP contribution in [0.4, 0.5) is 11.5 Å². The van der Waals surface area contributed by atoms with Crippen LogP contribution in [0.2, 0.25) is 0 Å². The molecule has 2 aromatic heterocycles. The van der Waals surface area contributed by atoms with Crippen LogP contribution < -0.4 is 5.32 Å². The molecule has 0 aliphatic heterocycles. The Morgan fingerprint density at radius 2 is 2.06 bits per heavy atom. The maximum Gasteiger partial charge on any atom is 0.152 e. The molecule has 0 bridgehead atoms. The molecule has 3 aromatic rings. The summed E-state index contributed by atoms with van der Waals surface area (Å²) in [6, 6.07) is 8.71. The molecular weight excluding hydrogens is 248 g/mol. The van der Waals surface area contributed by atoms with Gasteiger partial charge in [0.25, 0.3) is 0 Å². The van der Waals surface area contributed by atoms with Crippen molar-refractivity contribution in [1.82, 2.24) is 15.2 Å². The van der Waals surface area contributed by atoms with E-state index in [0.29, 0.717) is 5.82 Å². The monoisotopic (exact) mass is 258 g/mol. The Morgan fingerprint density at radius 3 is 2.78 bits per heavy atom. The molecule has 3 rings (SSSR count). The Balaban J connectivity index is 1.80. The predicted molar refractivity (Wildman–Crippen MR) is 71.1 cm³/mol. The first-order valence-electron chi connectivity index (χ1n) is 5.32. The molecule has 1 aromatic carbocycles. The number of aromatic amines is 1. The topological polar surface area (TPSA) is 73.8 Å². The van der Waals surface area contributed by atoms with Crippen molar-refractivity contribution in [2.45, 2.75) is 0 Å². The number of rotatable bonds is 3. The van der Waals surface area contributed by atoms with Crippen molar-refractivity contribution in [3.63, 3.8) is 0 Å². The van der Waals surface area contributed by atoms with Crippen LogP contribution in [0, 0.1) is 0 Å². The van der Waals surface area contributed by atoms with Gasteiger partial charge < -0.3 is 10.4 Å². The highest BCUT2D eigenvalue weighted by molar-refractivity contribution is 7.13. The van der Waals surface area contributed by atoms with Crippen molar-refractivity contribution < 1.29 is 5.11 Å². The van der Waals surface area contributed by atoms with Gasteiger partial charge in [-0.15, -0.1) is 11.3 Å². The molecule has 0 amide bonds. The number of anilines is 2. The molecule has 18 heavy (non-hydrogen) atoms. The molecule has 5 nitrogen and oxygen atoms in total. The van der Waals surface area contributed by atoms with Gasteiger partial charge in [0.15, 0.2) is 5.82 Å². The van der Waals surface area contributed by atoms with E-state index in [1.54, 1.807) is 41.8 Å². The molecule has 0 aliphatic carbocycles.